The van der Waals surface area contributed by atoms with Crippen LogP contribution in [-0.2, 0) is 0 Å². The summed E-state index contributed by atoms with van der Waals surface area (Å²) in [6.45, 7) is 6.85. The van der Waals surface area contributed by atoms with E-state index >= 15 is 0 Å². The summed E-state index contributed by atoms with van der Waals surface area (Å²) in [7, 11) is 0. The summed E-state index contributed by atoms with van der Waals surface area (Å²) >= 11 is 5.51. The van der Waals surface area contributed by atoms with Gasteiger partial charge in [0.25, 0.3) is 0 Å². The lowest BCUT2D eigenvalue weighted by Gasteiger charge is -2.15. The van der Waals surface area contributed by atoms with E-state index in [1.807, 2.05) is 6.08 Å². The number of rotatable bonds is 5. The highest BCUT2D eigenvalue weighted by molar-refractivity contribution is 6.18. The molecule has 0 saturated heterocycles. The molecule has 0 radical (unpaired) electrons. The van der Waals surface area contributed by atoms with Gasteiger partial charge in [-0.05, 0) is 18.3 Å². The molecule has 0 aliphatic heterocycles. The molecule has 2 atom stereocenters. The van der Waals surface area contributed by atoms with Gasteiger partial charge in [0.1, 0.15) is 0 Å². The minimum absolute atomic E-state index is 0.646. The number of halogens is 1. The third kappa shape index (κ3) is 5.32. The predicted molar refractivity (Wildman–Crippen MR) is 53.1 cm³/mol. The average Bonchev–Trinajstić information content (AvgIpc) is 2.03. The van der Waals surface area contributed by atoms with Crippen molar-refractivity contribution in [2.45, 2.75) is 33.6 Å². The van der Waals surface area contributed by atoms with Crippen LogP contribution in [0.3, 0.4) is 0 Å². The Morgan fingerprint density at radius 3 is 2.27 bits per heavy atom. The van der Waals surface area contributed by atoms with Crippen LogP contribution in [0.1, 0.15) is 33.6 Å². The fourth-order valence-corrected chi connectivity index (χ4v) is 1.13. The van der Waals surface area contributed by atoms with Gasteiger partial charge in [0.2, 0.25) is 0 Å². The molecule has 0 bridgehead atoms. The van der Waals surface area contributed by atoms with E-state index in [0.29, 0.717) is 5.88 Å². The minimum Gasteiger partial charge on any atom is -0.122 e. The quantitative estimate of drug-likeness (QED) is 0.439. The van der Waals surface area contributed by atoms with Crippen molar-refractivity contribution in [1.82, 2.24) is 0 Å². The maximum Gasteiger partial charge on any atom is 0.0404 e. The zero-order chi connectivity index (χ0) is 8.69. The van der Waals surface area contributed by atoms with Crippen LogP contribution in [-0.4, -0.2) is 5.88 Å². The van der Waals surface area contributed by atoms with Crippen LogP contribution in [0.25, 0.3) is 0 Å². The van der Waals surface area contributed by atoms with Crippen LogP contribution in [0.15, 0.2) is 12.2 Å². The summed E-state index contributed by atoms with van der Waals surface area (Å²) in [5, 5.41) is 0. The van der Waals surface area contributed by atoms with E-state index in [1.165, 1.54) is 12.8 Å². The summed E-state index contributed by atoms with van der Waals surface area (Å²) in [5.74, 6) is 2.27. The first-order valence-corrected chi connectivity index (χ1v) is 4.96. The fourth-order valence-electron chi connectivity index (χ4n) is 1.01. The molecule has 0 aliphatic carbocycles. The molecule has 0 heterocycles. The first kappa shape index (κ1) is 11.0. The molecule has 66 valence electrons. The van der Waals surface area contributed by atoms with Crippen LogP contribution in [0.2, 0.25) is 0 Å². The molecule has 1 unspecified atom stereocenters. The lowest BCUT2D eigenvalue weighted by atomic mass is 9.91. The van der Waals surface area contributed by atoms with Gasteiger partial charge in [-0.25, -0.2) is 0 Å². The Morgan fingerprint density at radius 2 is 1.82 bits per heavy atom. The normalized spacial score (nSPS) is 17.1. The Bertz CT molecular complexity index is 107. The minimum atomic E-state index is 0.646. The van der Waals surface area contributed by atoms with E-state index in [9.17, 15) is 0 Å². The largest absolute Gasteiger partial charge is 0.122 e. The van der Waals surface area contributed by atoms with Gasteiger partial charge in [-0.2, -0.15) is 0 Å². The van der Waals surface area contributed by atoms with E-state index in [-0.39, 0.29) is 0 Å². The second-order valence-corrected chi connectivity index (χ2v) is 3.53. The molecule has 0 spiro atoms. The van der Waals surface area contributed by atoms with Crippen molar-refractivity contribution in [3.63, 3.8) is 0 Å². The van der Waals surface area contributed by atoms with Gasteiger partial charge in [-0.1, -0.05) is 39.3 Å². The first-order valence-electron chi connectivity index (χ1n) is 4.43. The lowest BCUT2D eigenvalue weighted by molar-refractivity contribution is 0.380. The molecule has 0 fully saturated rings. The van der Waals surface area contributed by atoms with Crippen LogP contribution in [0.4, 0.5) is 0 Å². The van der Waals surface area contributed by atoms with Crippen molar-refractivity contribution in [2.24, 2.45) is 11.8 Å². The van der Waals surface area contributed by atoms with E-state index < -0.39 is 0 Å². The molecule has 1 heteroatoms. The maximum absolute atomic E-state index is 5.51. The average molecular weight is 175 g/mol. The van der Waals surface area contributed by atoms with Crippen molar-refractivity contribution in [3.05, 3.63) is 12.2 Å². The second-order valence-electron chi connectivity index (χ2n) is 3.22. The molecule has 0 rings (SSSR count). The van der Waals surface area contributed by atoms with Crippen molar-refractivity contribution in [2.75, 3.05) is 5.88 Å². The zero-order valence-electron chi connectivity index (χ0n) is 7.81. The highest BCUT2D eigenvalue weighted by Gasteiger charge is 2.06. The molecule has 0 nitrogen and oxygen atoms in total. The van der Waals surface area contributed by atoms with Crippen LogP contribution in [0.5, 0.6) is 0 Å². The topological polar surface area (TPSA) is 0 Å². The summed E-state index contributed by atoms with van der Waals surface area (Å²) < 4.78 is 0. The van der Waals surface area contributed by atoms with Crippen LogP contribution < -0.4 is 0 Å². The third-order valence-electron chi connectivity index (χ3n) is 2.38. The Kier molecular flexibility index (Phi) is 6.74. The lowest BCUT2D eigenvalue weighted by Crippen LogP contribution is -2.05. The van der Waals surface area contributed by atoms with Crippen LogP contribution in [0, 0.1) is 11.8 Å². The number of alkyl halides is 1. The fraction of sp³-hybridized carbons (Fsp3) is 0.800. The van der Waals surface area contributed by atoms with Gasteiger partial charge in [0.15, 0.2) is 0 Å². The van der Waals surface area contributed by atoms with E-state index in [0.717, 1.165) is 11.8 Å². The standard InChI is InChI=1S/C10H19Cl/c1-4-9(2)10(3)7-5-6-8-11/h5-6,9-10H,4,7-8H2,1-3H3/b6-5-/t9?,10-/m0/s1. The molecular weight excluding hydrogens is 156 g/mol. The van der Waals surface area contributed by atoms with Crippen molar-refractivity contribution < 1.29 is 0 Å². The molecule has 0 aromatic heterocycles. The van der Waals surface area contributed by atoms with Gasteiger partial charge in [-0.15, -0.1) is 11.6 Å². The van der Waals surface area contributed by atoms with Gasteiger partial charge in [-0.3, -0.25) is 0 Å². The Hall–Kier alpha value is 0.0300. The molecule has 0 aromatic carbocycles. The summed E-state index contributed by atoms with van der Waals surface area (Å²) in [6, 6.07) is 0. The van der Waals surface area contributed by atoms with Gasteiger partial charge in [0, 0.05) is 5.88 Å². The molecule has 0 N–H and O–H groups in total. The molecule has 0 aliphatic rings. The molecule has 11 heavy (non-hydrogen) atoms. The van der Waals surface area contributed by atoms with Crippen molar-refractivity contribution >= 4 is 11.6 Å². The second kappa shape index (κ2) is 6.72. The monoisotopic (exact) mass is 174 g/mol. The number of hydrogen-bond donors (Lipinski definition) is 0. The molecule has 0 saturated carbocycles. The Balaban J connectivity index is 3.50. The van der Waals surface area contributed by atoms with E-state index in [4.69, 9.17) is 11.6 Å². The highest BCUT2D eigenvalue weighted by Crippen LogP contribution is 2.18. The Morgan fingerprint density at radius 1 is 1.18 bits per heavy atom. The first-order chi connectivity index (χ1) is 5.22. The predicted octanol–water partition coefficient (Wildman–Crippen LogP) is 3.85. The van der Waals surface area contributed by atoms with Crippen LogP contribution >= 0.6 is 11.6 Å². The third-order valence-corrected chi connectivity index (χ3v) is 2.56. The smallest absolute Gasteiger partial charge is 0.0404 e. The number of allylic oxidation sites excluding steroid dienone is 2. The van der Waals surface area contributed by atoms with Gasteiger partial charge >= 0.3 is 0 Å². The molecular formula is C10H19Cl. The molecule has 0 aromatic rings. The summed E-state index contributed by atoms with van der Waals surface area (Å²) in [5.41, 5.74) is 0. The highest BCUT2D eigenvalue weighted by atomic mass is 35.5. The SMILES string of the molecule is CCC(C)[C@@H](C)C/C=C\CCl. The Labute approximate surface area is 75.6 Å². The van der Waals surface area contributed by atoms with Crippen molar-refractivity contribution in [1.29, 1.82) is 0 Å². The summed E-state index contributed by atoms with van der Waals surface area (Å²) in [4.78, 5) is 0. The van der Waals surface area contributed by atoms with Gasteiger partial charge < -0.3 is 0 Å². The van der Waals surface area contributed by atoms with E-state index in [1.54, 1.807) is 0 Å². The van der Waals surface area contributed by atoms with Gasteiger partial charge in [0.05, 0.1) is 0 Å². The zero-order valence-corrected chi connectivity index (χ0v) is 8.56. The number of hydrogen-bond acceptors (Lipinski definition) is 0. The summed E-state index contributed by atoms with van der Waals surface area (Å²) in [6.07, 6.45) is 6.65. The van der Waals surface area contributed by atoms with E-state index in [2.05, 4.69) is 26.8 Å². The molecule has 0 amide bonds. The maximum atomic E-state index is 5.51. The van der Waals surface area contributed by atoms with Crippen molar-refractivity contribution in [3.8, 4) is 0 Å².